The monoisotopic (exact) mass is 227 g/mol. The summed E-state index contributed by atoms with van der Waals surface area (Å²) < 4.78 is 5.10. The Labute approximate surface area is 96.6 Å². The van der Waals surface area contributed by atoms with E-state index in [0.29, 0.717) is 0 Å². The number of halogens is 1. The van der Waals surface area contributed by atoms with Crippen LogP contribution in [0.5, 0.6) is 5.75 Å². The van der Waals surface area contributed by atoms with Crippen molar-refractivity contribution in [2.75, 3.05) is 20.7 Å². The fourth-order valence-corrected chi connectivity index (χ4v) is 1.74. The van der Waals surface area contributed by atoms with Crippen molar-refractivity contribution in [1.82, 2.24) is 5.32 Å². The van der Waals surface area contributed by atoms with Gasteiger partial charge in [0.1, 0.15) is 5.75 Å². The Hall–Kier alpha value is -0.730. The summed E-state index contributed by atoms with van der Waals surface area (Å²) in [6, 6.07) is 5.87. The highest BCUT2D eigenvalue weighted by Crippen LogP contribution is 2.23. The summed E-state index contributed by atoms with van der Waals surface area (Å²) in [7, 11) is 3.62. The maximum atomic E-state index is 6.13. The number of aryl methyl sites for hydroxylation is 1. The molecule has 2 nitrogen and oxygen atoms in total. The molecule has 1 N–H and O–H groups in total. The van der Waals surface area contributed by atoms with Crippen LogP contribution in [0.3, 0.4) is 0 Å². The molecule has 1 rings (SSSR count). The molecular weight excluding hydrogens is 210 g/mol. The lowest BCUT2D eigenvalue weighted by atomic mass is 10.1. The zero-order valence-electron chi connectivity index (χ0n) is 9.35. The Morgan fingerprint density at radius 3 is 2.73 bits per heavy atom. The molecule has 0 aliphatic rings. The average Bonchev–Trinajstić information content (AvgIpc) is 2.26. The highest BCUT2D eigenvalue weighted by molar-refractivity contribution is 6.31. The third kappa shape index (κ3) is 4.10. The predicted octanol–water partition coefficient (Wildman–Crippen LogP) is 2.89. The Morgan fingerprint density at radius 1 is 1.33 bits per heavy atom. The SMILES string of the molecule is CNCCCCc1ccc(OC)cc1Cl. The van der Waals surface area contributed by atoms with E-state index in [1.807, 2.05) is 25.2 Å². The number of hydrogen-bond donors (Lipinski definition) is 1. The van der Waals surface area contributed by atoms with E-state index < -0.39 is 0 Å². The fraction of sp³-hybridized carbons (Fsp3) is 0.500. The molecule has 0 atom stereocenters. The van der Waals surface area contributed by atoms with Crippen molar-refractivity contribution in [3.63, 3.8) is 0 Å². The first kappa shape index (κ1) is 12.3. The number of ether oxygens (including phenoxy) is 1. The van der Waals surface area contributed by atoms with Crippen molar-refractivity contribution in [2.45, 2.75) is 19.3 Å². The van der Waals surface area contributed by atoms with E-state index in [1.165, 1.54) is 12.0 Å². The van der Waals surface area contributed by atoms with Crippen molar-refractivity contribution in [2.24, 2.45) is 0 Å². The van der Waals surface area contributed by atoms with E-state index in [-0.39, 0.29) is 0 Å². The molecule has 84 valence electrons. The number of nitrogens with one attached hydrogen (secondary N) is 1. The van der Waals surface area contributed by atoms with Crippen LogP contribution in [0, 0.1) is 0 Å². The topological polar surface area (TPSA) is 21.3 Å². The van der Waals surface area contributed by atoms with Crippen LogP contribution >= 0.6 is 11.6 Å². The number of unbranched alkanes of at least 4 members (excludes halogenated alkanes) is 1. The number of rotatable bonds is 6. The molecule has 0 saturated carbocycles. The quantitative estimate of drug-likeness (QED) is 0.755. The standard InChI is InChI=1S/C12H18ClNO/c1-14-8-4-3-5-10-6-7-11(15-2)9-12(10)13/h6-7,9,14H,3-5,8H2,1-2H3. The molecule has 0 aliphatic carbocycles. The second-order valence-corrected chi connectivity index (χ2v) is 3.93. The Bertz CT molecular complexity index is 302. The minimum Gasteiger partial charge on any atom is -0.497 e. The van der Waals surface area contributed by atoms with E-state index >= 15 is 0 Å². The molecule has 0 fully saturated rings. The van der Waals surface area contributed by atoms with Crippen LogP contribution in [-0.4, -0.2) is 20.7 Å². The van der Waals surface area contributed by atoms with Crippen LogP contribution in [0.1, 0.15) is 18.4 Å². The maximum absolute atomic E-state index is 6.13. The van der Waals surface area contributed by atoms with Gasteiger partial charge in [0, 0.05) is 5.02 Å². The third-order valence-corrected chi connectivity index (χ3v) is 2.73. The highest BCUT2D eigenvalue weighted by atomic mass is 35.5. The van der Waals surface area contributed by atoms with Gasteiger partial charge in [-0.15, -0.1) is 0 Å². The van der Waals surface area contributed by atoms with Crippen molar-refractivity contribution in [1.29, 1.82) is 0 Å². The third-order valence-electron chi connectivity index (χ3n) is 2.38. The molecule has 0 unspecified atom stereocenters. The second-order valence-electron chi connectivity index (χ2n) is 3.52. The molecule has 0 aromatic heterocycles. The lowest BCUT2D eigenvalue weighted by Crippen LogP contribution is -2.07. The summed E-state index contributed by atoms with van der Waals surface area (Å²) in [6.07, 6.45) is 3.37. The zero-order valence-corrected chi connectivity index (χ0v) is 10.1. The molecule has 0 aliphatic heterocycles. The normalized spacial score (nSPS) is 10.3. The van der Waals surface area contributed by atoms with Gasteiger partial charge in [-0.05, 0) is 50.6 Å². The average molecular weight is 228 g/mol. The first-order valence-electron chi connectivity index (χ1n) is 5.25. The van der Waals surface area contributed by atoms with Gasteiger partial charge in [-0.25, -0.2) is 0 Å². The molecule has 0 amide bonds. The lowest BCUT2D eigenvalue weighted by Gasteiger charge is -2.06. The van der Waals surface area contributed by atoms with Crippen molar-refractivity contribution in [3.8, 4) is 5.75 Å². The first-order chi connectivity index (χ1) is 7.27. The van der Waals surface area contributed by atoms with Crippen LogP contribution in [0.15, 0.2) is 18.2 Å². The van der Waals surface area contributed by atoms with E-state index in [4.69, 9.17) is 16.3 Å². The van der Waals surface area contributed by atoms with Gasteiger partial charge in [0.15, 0.2) is 0 Å². The molecule has 0 spiro atoms. The van der Waals surface area contributed by atoms with Crippen LogP contribution in [0.2, 0.25) is 5.02 Å². The largest absolute Gasteiger partial charge is 0.497 e. The van der Waals surface area contributed by atoms with Gasteiger partial charge in [0.25, 0.3) is 0 Å². The maximum Gasteiger partial charge on any atom is 0.120 e. The van der Waals surface area contributed by atoms with Crippen LogP contribution < -0.4 is 10.1 Å². The summed E-state index contributed by atoms with van der Waals surface area (Å²) in [6.45, 7) is 1.06. The van der Waals surface area contributed by atoms with Crippen LogP contribution in [0.25, 0.3) is 0 Å². The molecule has 0 bridgehead atoms. The van der Waals surface area contributed by atoms with E-state index in [2.05, 4.69) is 5.32 Å². The van der Waals surface area contributed by atoms with Crippen molar-refractivity contribution in [3.05, 3.63) is 28.8 Å². The van der Waals surface area contributed by atoms with Gasteiger partial charge in [0.2, 0.25) is 0 Å². The second kappa shape index (κ2) is 6.70. The number of benzene rings is 1. The number of methoxy groups -OCH3 is 1. The van der Waals surface area contributed by atoms with Gasteiger partial charge in [-0.2, -0.15) is 0 Å². The minimum atomic E-state index is 0.804. The molecule has 3 heteroatoms. The van der Waals surface area contributed by atoms with Gasteiger partial charge < -0.3 is 10.1 Å². The van der Waals surface area contributed by atoms with E-state index in [1.54, 1.807) is 7.11 Å². The van der Waals surface area contributed by atoms with Crippen molar-refractivity contribution < 1.29 is 4.74 Å². The zero-order chi connectivity index (χ0) is 11.1. The fourth-order valence-electron chi connectivity index (χ4n) is 1.47. The lowest BCUT2D eigenvalue weighted by molar-refractivity contribution is 0.414. The Balaban J connectivity index is 2.47. The van der Waals surface area contributed by atoms with Gasteiger partial charge in [-0.1, -0.05) is 17.7 Å². The Kier molecular flexibility index (Phi) is 5.51. The van der Waals surface area contributed by atoms with Crippen molar-refractivity contribution >= 4 is 11.6 Å². The molecule has 0 heterocycles. The van der Waals surface area contributed by atoms with Crippen LogP contribution in [0.4, 0.5) is 0 Å². The minimum absolute atomic E-state index is 0.804. The molecule has 0 radical (unpaired) electrons. The summed E-state index contributed by atoms with van der Waals surface area (Å²) >= 11 is 6.13. The molecule has 1 aromatic carbocycles. The summed E-state index contributed by atoms with van der Waals surface area (Å²) in [5.74, 6) is 0.818. The first-order valence-corrected chi connectivity index (χ1v) is 5.62. The molecule has 1 aromatic rings. The van der Waals surface area contributed by atoms with Gasteiger partial charge in [0.05, 0.1) is 7.11 Å². The van der Waals surface area contributed by atoms with E-state index in [0.717, 1.165) is 30.2 Å². The summed E-state index contributed by atoms with van der Waals surface area (Å²) in [5.41, 5.74) is 1.20. The highest BCUT2D eigenvalue weighted by Gasteiger charge is 2.01. The smallest absolute Gasteiger partial charge is 0.120 e. The Morgan fingerprint density at radius 2 is 2.13 bits per heavy atom. The molecular formula is C12H18ClNO. The predicted molar refractivity (Wildman–Crippen MR) is 64.9 cm³/mol. The number of hydrogen-bond acceptors (Lipinski definition) is 2. The summed E-state index contributed by atoms with van der Waals surface area (Å²) in [4.78, 5) is 0. The van der Waals surface area contributed by atoms with Crippen LogP contribution in [-0.2, 0) is 6.42 Å². The summed E-state index contributed by atoms with van der Waals surface area (Å²) in [5, 5.41) is 3.94. The van der Waals surface area contributed by atoms with E-state index in [9.17, 15) is 0 Å². The molecule has 15 heavy (non-hydrogen) atoms. The van der Waals surface area contributed by atoms with Gasteiger partial charge in [-0.3, -0.25) is 0 Å². The molecule has 0 saturated heterocycles. The van der Waals surface area contributed by atoms with Gasteiger partial charge >= 0.3 is 0 Å².